The molecule has 2 aromatic rings. The largest absolute Gasteiger partial charge is 0.495 e. The molecule has 1 heterocycles. The van der Waals surface area contributed by atoms with Crippen molar-refractivity contribution >= 4 is 5.69 Å². The predicted octanol–water partition coefficient (Wildman–Crippen LogP) is 3.26. The number of nitrogens with zero attached hydrogens (tertiary/aromatic N) is 1. The van der Waals surface area contributed by atoms with Crippen molar-refractivity contribution in [2.24, 2.45) is 0 Å². The Hall–Kier alpha value is -2.03. The van der Waals surface area contributed by atoms with Crippen LogP contribution in [0.25, 0.3) is 0 Å². The lowest BCUT2D eigenvalue weighted by Crippen LogP contribution is -2.07. The number of benzene rings is 1. The van der Waals surface area contributed by atoms with E-state index < -0.39 is 0 Å². The Labute approximate surface area is 101 Å². The third kappa shape index (κ3) is 2.75. The lowest BCUT2D eigenvalue weighted by Gasteiger charge is -2.17. The summed E-state index contributed by atoms with van der Waals surface area (Å²) < 4.78 is 5.30. The van der Waals surface area contributed by atoms with Gasteiger partial charge in [-0.05, 0) is 30.7 Å². The maximum absolute atomic E-state index is 5.30. The van der Waals surface area contributed by atoms with Gasteiger partial charge in [0, 0.05) is 12.4 Å². The number of hydrogen-bond acceptors (Lipinski definition) is 3. The molecule has 3 nitrogen and oxygen atoms in total. The highest BCUT2D eigenvalue weighted by Crippen LogP contribution is 2.27. The number of anilines is 1. The average Bonchev–Trinajstić information content (AvgIpc) is 2.40. The number of rotatable bonds is 4. The first-order chi connectivity index (χ1) is 8.31. The van der Waals surface area contributed by atoms with Crippen molar-refractivity contribution in [2.75, 3.05) is 12.4 Å². The molecule has 88 valence electrons. The van der Waals surface area contributed by atoms with Crippen molar-refractivity contribution < 1.29 is 4.74 Å². The van der Waals surface area contributed by atoms with Gasteiger partial charge in [-0.1, -0.05) is 18.2 Å². The normalized spacial score (nSPS) is 11.9. The highest BCUT2D eigenvalue weighted by molar-refractivity contribution is 5.57. The second-order valence-corrected chi connectivity index (χ2v) is 3.85. The molecule has 1 aromatic carbocycles. The van der Waals surface area contributed by atoms with Gasteiger partial charge in [0.2, 0.25) is 0 Å². The summed E-state index contributed by atoms with van der Waals surface area (Å²) in [6.45, 7) is 2.10. The van der Waals surface area contributed by atoms with Crippen LogP contribution in [0.5, 0.6) is 5.75 Å². The van der Waals surface area contributed by atoms with Crippen LogP contribution in [-0.4, -0.2) is 12.1 Å². The quantitative estimate of drug-likeness (QED) is 0.872. The van der Waals surface area contributed by atoms with Crippen LogP contribution in [-0.2, 0) is 0 Å². The maximum atomic E-state index is 5.30. The second-order valence-electron chi connectivity index (χ2n) is 3.85. The molecule has 0 amide bonds. The van der Waals surface area contributed by atoms with Gasteiger partial charge in [0.05, 0.1) is 18.8 Å². The van der Waals surface area contributed by atoms with Gasteiger partial charge in [-0.2, -0.15) is 0 Å². The number of aromatic nitrogens is 1. The highest BCUT2D eigenvalue weighted by atomic mass is 16.5. The smallest absolute Gasteiger partial charge is 0.141 e. The minimum Gasteiger partial charge on any atom is -0.495 e. The predicted molar refractivity (Wildman–Crippen MR) is 69.3 cm³/mol. The molecule has 0 spiro atoms. The molecule has 0 aliphatic carbocycles. The maximum Gasteiger partial charge on any atom is 0.141 e. The van der Waals surface area contributed by atoms with E-state index in [0.29, 0.717) is 0 Å². The minimum atomic E-state index is 0.194. The molecule has 1 atom stereocenters. The first-order valence-corrected chi connectivity index (χ1v) is 5.60. The Balaban J connectivity index is 2.16. The molecule has 1 aromatic heterocycles. The van der Waals surface area contributed by atoms with Crippen molar-refractivity contribution in [1.29, 1.82) is 0 Å². The third-order valence-electron chi connectivity index (χ3n) is 2.66. The standard InChI is InChI=1S/C14H16N2O/c1-11(12-6-5-9-15-10-12)16-13-7-3-4-8-14(13)17-2/h3-11,16H,1-2H3. The minimum absolute atomic E-state index is 0.194. The van der Waals surface area contributed by atoms with Crippen LogP contribution in [0.15, 0.2) is 48.8 Å². The zero-order valence-electron chi connectivity index (χ0n) is 10.1. The summed E-state index contributed by atoms with van der Waals surface area (Å²) in [5.41, 5.74) is 2.14. The molecule has 3 heteroatoms. The van der Waals surface area contributed by atoms with Crippen LogP contribution >= 0.6 is 0 Å². The van der Waals surface area contributed by atoms with E-state index in [1.165, 1.54) is 0 Å². The van der Waals surface area contributed by atoms with E-state index in [4.69, 9.17) is 4.74 Å². The molecule has 0 radical (unpaired) electrons. The number of methoxy groups -OCH3 is 1. The van der Waals surface area contributed by atoms with E-state index in [1.54, 1.807) is 13.3 Å². The molecule has 1 N–H and O–H groups in total. The summed E-state index contributed by atoms with van der Waals surface area (Å²) in [6, 6.07) is 12.1. The Kier molecular flexibility index (Phi) is 3.60. The Morgan fingerprint density at radius 2 is 2.00 bits per heavy atom. The van der Waals surface area contributed by atoms with Crippen LogP contribution in [0.2, 0.25) is 0 Å². The van der Waals surface area contributed by atoms with E-state index in [1.807, 2.05) is 36.5 Å². The topological polar surface area (TPSA) is 34.1 Å². The van der Waals surface area contributed by atoms with Crippen molar-refractivity contribution in [1.82, 2.24) is 4.98 Å². The van der Waals surface area contributed by atoms with Crippen LogP contribution in [0.1, 0.15) is 18.5 Å². The highest BCUT2D eigenvalue weighted by Gasteiger charge is 2.07. The molecule has 17 heavy (non-hydrogen) atoms. The van der Waals surface area contributed by atoms with Gasteiger partial charge in [-0.25, -0.2) is 0 Å². The monoisotopic (exact) mass is 228 g/mol. The van der Waals surface area contributed by atoms with Gasteiger partial charge in [-0.15, -0.1) is 0 Å². The molecule has 2 rings (SSSR count). The zero-order valence-corrected chi connectivity index (χ0v) is 10.1. The van der Waals surface area contributed by atoms with Gasteiger partial charge in [0.1, 0.15) is 5.75 Å². The fourth-order valence-corrected chi connectivity index (χ4v) is 1.71. The summed E-state index contributed by atoms with van der Waals surface area (Å²) in [5, 5.41) is 3.41. The fourth-order valence-electron chi connectivity index (χ4n) is 1.71. The van der Waals surface area contributed by atoms with E-state index in [9.17, 15) is 0 Å². The molecular formula is C14H16N2O. The molecule has 0 fully saturated rings. The van der Waals surface area contributed by atoms with Gasteiger partial charge >= 0.3 is 0 Å². The van der Waals surface area contributed by atoms with Crippen LogP contribution in [0.3, 0.4) is 0 Å². The van der Waals surface area contributed by atoms with E-state index in [0.717, 1.165) is 17.0 Å². The first kappa shape index (κ1) is 11.5. The lowest BCUT2D eigenvalue weighted by atomic mass is 10.1. The van der Waals surface area contributed by atoms with E-state index in [2.05, 4.69) is 23.3 Å². The van der Waals surface area contributed by atoms with E-state index in [-0.39, 0.29) is 6.04 Å². The Morgan fingerprint density at radius 3 is 2.71 bits per heavy atom. The van der Waals surface area contributed by atoms with Gasteiger partial charge < -0.3 is 10.1 Å². The fraction of sp³-hybridized carbons (Fsp3) is 0.214. The lowest BCUT2D eigenvalue weighted by molar-refractivity contribution is 0.416. The molecule has 0 saturated carbocycles. The average molecular weight is 228 g/mol. The Morgan fingerprint density at radius 1 is 1.18 bits per heavy atom. The Bertz CT molecular complexity index is 471. The summed E-state index contributed by atoms with van der Waals surface area (Å²) in [5.74, 6) is 0.850. The van der Waals surface area contributed by atoms with Crippen LogP contribution in [0, 0.1) is 0 Å². The number of nitrogens with one attached hydrogen (secondary N) is 1. The third-order valence-corrected chi connectivity index (χ3v) is 2.66. The van der Waals surface area contributed by atoms with Crippen LogP contribution in [0.4, 0.5) is 5.69 Å². The van der Waals surface area contributed by atoms with Crippen molar-refractivity contribution in [2.45, 2.75) is 13.0 Å². The summed E-state index contributed by atoms with van der Waals surface area (Å²) in [7, 11) is 1.68. The summed E-state index contributed by atoms with van der Waals surface area (Å²) in [6.07, 6.45) is 3.65. The molecule has 0 aliphatic heterocycles. The SMILES string of the molecule is COc1ccccc1NC(C)c1cccnc1. The number of hydrogen-bond donors (Lipinski definition) is 1. The summed E-state index contributed by atoms with van der Waals surface area (Å²) in [4.78, 5) is 4.12. The molecule has 0 bridgehead atoms. The van der Waals surface area contributed by atoms with Gasteiger partial charge in [0.15, 0.2) is 0 Å². The number of ether oxygens (including phenoxy) is 1. The first-order valence-electron chi connectivity index (χ1n) is 5.60. The summed E-state index contributed by atoms with van der Waals surface area (Å²) >= 11 is 0. The van der Waals surface area contributed by atoms with E-state index >= 15 is 0 Å². The molecule has 0 aliphatic rings. The second kappa shape index (κ2) is 5.34. The van der Waals surface area contributed by atoms with Crippen LogP contribution < -0.4 is 10.1 Å². The number of para-hydroxylation sites is 2. The number of pyridine rings is 1. The van der Waals surface area contributed by atoms with Crippen molar-refractivity contribution in [3.63, 3.8) is 0 Å². The molecule has 1 unspecified atom stereocenters. The van der Waals surface area contributed by atoms with Gasteiger partial charge in [0.25, 0.3) is 0 Å². The molecular weight excluding hydrogens is 212 g/mol. The van der Waals surface area contributed by atoms with Gasteiger partial charge in [-0.3, -0.25) is 4.98 Å². The zero-order chi connectivity index (χ0) is 12.1. The molecule has 0 saturated heterocycles. The van der Waals surface area contributed by atoms with Crippen molar-refractivity contribution in [3.05, 3.63) is 54.4 Å². The van der Waals surface area contributed by atoms with Crippen molar-refractivity contribution in [3.8, 4) is 5.75 Å².